The van der Waals surface area contributed by atoms with E-state index in [1.165, 1.54) is 21.1 Å². The number of nitrogens with two attached hydrogens (primary N) is 1. The highest BCUT2D eigenvalue weighted by Gasteiger charge is 2.18. The molecule has 0 aliphatic rings. The second-order valence-corrected chi connectivity index (χ2v) is 4.01. The number of carbonyl (C=O) groups excluding carboxylic acids is 2. The Labute approximate surface area is 117 Å². The summed E-state index contributed by atoms with van der Waals surface area (Å²) in [5, 5.41) is 4.43. The Bertz CT molecular complexity index is 491. The second kappa shape index (κ2) is 7.34. The number of nitrogens with one attached hydrogen (secondary N) is 2. The van der Waals surface area contributed by atoms with Gasteiger partial charge in [-0.3, -0.25) is 10.1 Å². The lowest BCUT2D eigenvalue weighted by Gasteiger charge is -2.17. The van der Waals surface area contributed by atoms with E-state index in [2.05, 4.69) is 10.6 Å². The van der Waals surface area contributed by atoms with Gasteiger partial charge in [-0.25, -0.2) is 4.79 Å². The van der Waals surface area contributed by atoms with Crippen molar-refractivity contribution >= 4 is 11.9 Å². The Morgan fingerprint density at radius 3 is 2.65 bits per heavy atom. The van der Waals surface area contributed by atoms with Gasteiger partial charge in [0.05, 0.1) is 7.11 Å². The van der Waals surface area contributed by atoms with Crippen LogP contribution in [0.3, 0.4) is 0 Å². The molecule has 0 spiro atoms. The fourth-order valence-corrected chi connectivity index (χ4v) is 1.46. The number of urea groups is 1. The smallest absolute Gasteiger partial charge is 0.321 e. The van der Waals surface area contributed by atoms with Gasteiger partial charge in [-0.1, -0.05) is 6.07 Å². The monoisotopic (exact) mass is 281 g/mol. The van der Waals surface area contributed by atoms with Crippen molar-refractivity contribution in [1.29, 1.82) is 0 Å². The molecule has 0 saturated heterocycles. The van der Waals surface area contributed by atoms with E-state index >= 15 is 0 Å². The van der Waals surface area contributed by atoms with Crippen molar-refractivity contribution in [2.45, 2.75) is 19.6 Å². The van der Waals surface area contributed by atoms with Crippen molar-refractivity contribution in [3.05, 3.63) is 23.8 Å². The van der Waals surface area contributed by atoms with Gasteiger partial charge in [-0.15, -0.1) is 0 Å². The minimum Gasteiger partial charge on any atom is -0.497 e. The van der Waals surface area contributed by atoms with Crippen LogP contribution < -0.4 is 25.8 Å². The molecule has 20 heavy (non-hydrogen) atoms. The normalized spacial score (nSPS) is 11.4. The van der Waals surface area contributed by atoms with Gasteiger partial charge in [-0.05, 0) is 13.0 Å². The lowest BCUT2D eigenvalue weighted by molar-refractivity contribution is -0.126. The first-order valence-electron chi connectivity index (χ1n) is 6.08. The highest BCUT2D eigenvalue weighted by atomic mass is 16.5. The summed E-state index contributed by atoms with van der Waals surface area (Å²) in [6.45, 7) is 1.81. The molecule has 0 heterocycles. The predicted octanol–water partition coefficient (Wildman–Crippen LogP) is 0.377. The molecule has 0 saturated carbocycles. The van der Waals surface area contributed by atoms with Crippen LogP contribution in [-0.2, 0) is 11.3 Å². The molecule has 0 aliphatic heterocycles. The summed E-state index contributed by atoms with van der Waals surface area (Å²) in [7, 11) is 2.95. The first-order chi connectivity index (χ1) is 9.51. The zero-order chi connectivity index (χ0) is 15.1. The Hall–Kier alpha value is -2.28. The quantitative estimate of drug-likeness (QED) is 0.724. The van der Waals surface area contributed by atoms with E-state index in [-0.39, 0.29) is 6.54 Å². The maximum atomic E-state index is 11.7. The van der Waals surface area contributed by atoms with E-state index < -0.39 is 18.0 Å². The second-order valence-electron chi connectivity index (χ2n) is 4.01. The number of imide groups is 1. The Balaban J connectivity index is 2.80. The number of methoxy groups -OCH3 is 1. The summed E-state index contributed by atoms with van der Waals surface area (Å²) in [4.78, 5) is 22.8. The minimum absolute atomic E-state index is 0.267. The maximum absolute atomic E-state index is 11.7. The molecule has 3 amide bonds. The summed E-state index contributed by atoms with van der Waals surface area (Å²) in [5.74, 6) is 0.498. The van der Waals surface area contributed by atoms with Crippen LogP contribution in [0.25, 0.3) is 0 Å². The van der Waals surface area contributed by atoms with Crippen LogP contribution >= 0.6 is 0 Å². The molecule has 1 aromatic carbocycles. The Kier molecular flexibility index (Phi) is 5.79. The Morgan fingerprint density at radius 2 is 2.10 bits per heavy atom. The number of amides is 3. The predicted molar refractivity (Wildman–Crippen MR) is 73.6 cm³/mol. The average Bonchev–Trinajstić information content (AvgIpc) is 2.46. The van der Waals surface area contributed by atoms with Crippen LogP contribution in [0.15, 0.2) is 18.2 Å². The number of carbonyl (C=O) groups is 2. The lowest BCUT2D eigenvalue weighted by Crippen LogP contribution is -2.44. The highest BCUT2D eigenvalue weighted by molar-refractivity contribution is 5.96. The summed E-state index contributed by atoms with van der Waals surface area (Å²) < 4.78 is 10.6. The molecule has 0 bridgehead atoms. The minimum atomic E-state index is -0.843. The number of rotatable bonds is 5. The SMILES string of the molecule is CNC(=O)NC(=O)C(C)Oc1cc(OC)ccc1CN. The third-order valence-electron chi connectivity index (χ3n) is 2.63. The highest BCUT2D eigenvalue weighted by Crippen LogP contribution is 2.25. The summed E-state index contributed by atoms with van der Waals surface area (Å²) >= 11 is 0. The van der Waals surface area contributed by atoms with Gasteiger partial charge in [0.1, 0.15) is 11.5 Å². The van der Waals surface area contributed by atoms with Crippen LogP contribution in [0.4, 0.5) is 4.79 Å². The zero-order valence-electron chi connectivity index (χ0n) is 11.7. The molecule has 7 heteroatoms. The van der Waals surface area contributed by atoms with Gasteiger partial charge in [0.25, 0.3) is 5.91 Å². The summed E-state index contributed by atoms with van der Waals surface area (Å²) in [5.41, 5.74) is 6.35. The van der Waals surface area contributed by atoms with Crippen LogP contribution in [0.1, 0.15) is 12.5 Å². The standard InChI is InChI=1S/C13H19N3O4/c1-8(12(17)16-13(18)15-2)20-11-6-10(19-3)5-4-9(11)7-14/h4-6,8H,7,14H2,1-3H3,(H2,15,16,17,18). The van der Waals surface area contributed by atoms with E-state index in [1.807, 2.05) is 0 Å². The summed E-state index contributed by atoms with van der Waals surface area (Å²) in [6.07, 6.45) is -0.843. The zero-order valence-corrected chi connectivity index (χ0v) is 11.7. The van der Waals surface area contributed by atoms with Crippen molar-refractivity contribution in [1.82, 2.24) is 10.6 Å². The van der Waals surface area contributed by atoms with Crippen LogP contribution in [-0.4, -0.2) is 32.2 Å². The summed E-state index contributed by atoms with van der Waals surface area (Å²) in [6, 6.07) is 4.57. The lowest BCUT2D eigenvalue weighted by atomic mass is 10.2. The fourth-order valence-electron chi connectivity index (χ4n) is 1.46. The average molecular weight is 281 g/mol. The number of hydrogen-bond donors (Lipinski definition) is 3. The third kappa shape index (κ3) is 4.13. The van der Waals surface area contributed by atoms with E-state index in [0.717, 1.165) is 5.56 Å². The van der Waals surface area contributed by atoms with E-state index in [0.29, 0.717) is 11.5 Å². The van der Waals surface area contributed by atoms with Crippen molar-refractivity contribution in [2.24, 2.45) is 5.73 Å². The molecule has 0 aliphatic carbocycles. The first-order valence-corrected chi connectivity index (χ1v) is 6.08. The van der Waals surface area contributed by atoms with E-state index in [1.54, 1.807) is 18.2 Å². The molecule has 0 fully saturated rings. The van der Waals surface area contributed by atoms with Gasteiger partial charge >= 0.3 is 6.03 Å². The molecule has 1 unspecified atom stereocenters. The van der Waals surface area contributed by atoms with Crippen LogP contribution in [0.5, 0.6) is 11.5 Å². The molecular formula is C13H19N3O4. The van der Waals surface area contributed by atoms with Crippen LogP contribution in [0, 0.1) is 0 Å². The first kappa shape index (κ1) is 15.8. The fraction of sp³-hybridized carbons (Fsp3) is 0.385. The van der Waals surface area contributed by atoms with Gasteiger partial charge in [-0.2, -0.15) is 0 Å². The number of hydrogen-bond acceptors (Lipinski definition) is 5. The molecule has 0 aromatic heterocycles. The van der Waals surface area contributed by atoms with Crippen molar-refractivity contribution < 1.29 is 19.1 Å². The van der Waals surface area contributed by atoms with Gasteiger partial charge in [0.2, 0.25) is 0 Å². The van der Waals surface area contributed by atoms with Gasteiger partial charge < -0.3 is 20.5 Å². The number of benzene rings is 1. The van der Waals surface area contributed by atoms with Crippen molar-refractivity contribution in [2.75, 3.05) is 14.2 Å². The molecule has 7 nitrogen and oxygen atoms in total. The molecule has 1 rings (SSSR count). The molecule has 1 atom stereocenters. The van der Waals surface area contributed by atoms with E-state index in [9.17, 15) is 9.59 Å². The largest absolute Gasteiger partial charge is 0.497 e. The third-order valence-corrected chi connectivity index (χ3v) is 2.63. The van der Waals surface area contributed by atoms with Crippen LogP contribution in [0.2, 0.25) is 0 Å². The topological polar surface area (TPSA) is 103 Å². The molecular weight excluding hydrogens is 262 g/mol. The molecule has 1 aromatic rings. The van der Waals surface area contributed by atoms with E-state index in [4.69, 9.17) is 15.2 Å². The molecule has 110 valence electrons. The van der Waals surface area contributed by atoms with Gasteiger partial charge in [0, 0.05) is 25.2 Å². The van der Waals surface area contributed by atoms with Gasteiger partial charge in [0.15, 0.2) is 6.10 Å². The molecule has 0 radical (unpaired) electrons. The maximum Gasteiger partial charge on any atom is 0.321 e. The van der Waals surface area contributed by atoms with Crippen molar-refractivity contribution in [3.63, 3.8) is 0 Å². The molecule has 4 N–H and O–H groups in total. The number of ether oxygens (including phenoxy) is 2. The van der Waals surface area contributed by atoms with Crippen molar-refractivity contribution in [3.8, 4) is 11.5 Å². The Morgan fingerprint density at radius 1 is 1.40 bits per heavy atom.